The van der Waals surface area contributed by atoms with Crippen molar-refractivity contribution in [3.8, 4) is 0 Å². The molecule has 0 fully saturated rings. The largest absolute Gasteiger partial charge is 0.477 e. The number of nitrogens with zero attached hydrogens (tertiary/aromatic N) is 1. The van der Waals surface area contributed by atoms with Crippen molar-refractivity contribution < 1.29 is 9.90 Å². The van der Waals surface area contributed by atoms with Crippen molar-refractivity contribution in [2.45, 2.75) is 6.54 Å². The van der Waals surface area contributed by atoms with Crippen LogP contribution in [0.25, 0.3) is 0 Å². The van der Waals surface area contributed by atoms with Crippen molar-refractivity contribution >= 4 is 17.6 Å². The highest BCUT2D eigenvalue weighted by molar-refractivity contribution is 6.29. The molecular weight excluding hydrogens is 206 g/mol. The van der Waals surface area contributed by atoms with Gasteiger partial charge in [0.15, 0.2) is 0 Å². The molecule has 0 radical (unpaired) electrons. The molecular formula is C9H8ClNO3. The summed E-state index contributed by atoms with van der Waals surface area (Å²) < 4.78 is 1.05. The summed E-state index contributed by atoms with van der Waals surface area (Å²) >= 11 is 5.51. The summed E-state index contributed by atoms with van der Waals surface area (Å²) in [4.78, 5) is 22.0. The van der Waals surface area contributed by atoms with Gasteiger partial charge in [-0.1, -0.05) is 24.2 Å². The molecule has 1 aromatic rings. The van der Waals surface area contributed by atoms with Gasteiger partial charge in [0.1, 0.15) is 5.69 Å². The van der Waals surface area contributed by atoms with Crippen LogP contribution in [0.3, 0.4) is 0 Å². The van der Waals surface area contributed by atoms with Gasteiger partial charge in [-0.25, -0.2) is 4.79 Å². The van der Waals surface area contributed by atoms with E-state index in [2.05, 4.69) is 6.58 Å². The van der Waals surface area contributed by atoms with Gasteiger partial charge in [-0.05, 0) is 6.07 Å². The molecule has 14 heavy (non-hydrogen) atoms. The molecule has 0 saturated carbocycles. The highest BCUT2D eigenvalue weighted by atomic mass is 35.5. The minimum absolute atomic E-state index is 0.00284. The first-order valence-electron chi connectivity index (χ1n) is 3.79. The minimum Gasteiger partial charge on any atom is -0.477 e. The maximum Gasteiger partial charge on any atom is 0.352 e. The van der Waals surface area contributed by atoms with Crippen LogP contribution in [0, 0.1) is 0 Å². The average molecular weight is 214 g/mol. The molecule has 0 aliphatic heterocycles. The SMILES string of the molecule is C=C(Cl)Cn1c(C(=O)O)cccc1=O. The Kier molecular flexibility index (Phi) is 3.09. The number of hydrogen-bond donors (Lipinski definition) is 1. The molecule has 0 amide bonds. The zero-order valence-electron chi connectivity index (χ0n) is 7.24. The molecule has 74 valence electrons. The van der Waals surface area contributed by atoms with Crippen molar-refractivity contribution in [1.82, 2.24) is 4.57 Å². The molecule has 0 saturated heterocycles. The highest BCUT2D eigenvalue weighted by Gasteiger charge is 2.10. The van der Waals surface area contributed by atoms with Crippen LogP contribution < -0.4 is 5.56 Å². The summed E-state index contributed by atoms with van der Waals surface area (Å²) in [6, 6.07) is 4.00. The fraction of sp³-hybridized carbons (Fsp3) is 0.111. The summed E-state index contributed by atoms with van der Waals surface area (Å²) in [6.45, 7) is 3.41. The fourth-order valence-electron chi connectivity index (χ4n) is 1.04. The number of carboxylic acids is 1. The Morgan fingerprint density at radius 3 is 2.71 bits per heavy atom. The van der Waals surface area contributed by atoms with Crippen molar-refractivity contribution in [2.24, 2.45) is 0 Å². The maximum atomic E-state index is 11.3. The first-order chi connectivity index (χ1) is 6.52. The van der Waals surface area contributed by atoms with Gasteiger partial charge >= 0.3 is 5.97 Å². The standard InChI is InChI=1S/C9H8ClNO3/c1-6(10)5-11-7(9(13)14)3-2-4-8(11)12/h2-4H,1,5H2,(H,13,14). The fourth-order valence-corrected chi connectivity index (χ4v) is 1.16. The molecule has 0 aromatic carbocycles. The summed E-state index contributed by atoms with van der Waals surface area (Å²) in [5, 5.41) is 8.98. The van der Waals surface area contributed by atoms with Crippen LogP contribution >= 0.6 is 11.6 Å². The van der Waals surface area contributed by atoms with Gasteiger partial charge in [-0.2, -0.15) is 0 Å². The van der Waals surface area contributed by atoms with E-state index in [9.17, 15) is 9.59 Å². The first-order valence-corrected chi connectivity index (χ1v) is 4.16. The second-order valence-electron chi connectivity index (χ2n) is 2.66. The predicted octanol–water partition coefficient (Wildman–Crippen LogP) is 1.30. The topological polar surface area (TPSA) is 59.3 Å². The smallest absolute Gasteiger partial charge is 0.352 e. The zero-order valence-corrected chi connectivity index (χ0v) is 7.99. The average Bonchev–Trinajstić information content (AvgIpc) is 2.07. The minimum atomic E-state index is -1.17. The first kappa shape index (κ1) is 10.5. The van der Waals surface area contributed by atoms with E-state index in [1.807, 2.05) is 0 Å². The van der Waals surface area contributed by atoms with E-state index in [1.54, 1.807) is 0 Å². The van der Waals surface area contributed by atoms with Crippen LogP contribution in [0.1, 0.15) is 10.5 Å². The summed E-state index contributed by atoms with van der Waals surface area (Å²) in [5.41, 5.74) is -0.508. The Hall–Kier alpha value is -1.55. The van der Waals surface area contributed by atoms with Crippen LogP contribution in [0.5, 0.6) is 0 Å². The third-order valence-electron chi connectivity index (χ3n) is 1.60. The number of hydrogen-bond acceptors (Lipinski definition) is 2. The number of halogens is 1. The molecule has 0 aliphatic rings. The number of pyridine rings is 1. The molecule has 0 aliphatic carbocycles. The van der Waals surface area contributed by atoms with Crippen LogP contribution in [0.4, 0.5) is 0 Å². The highest BCUT2D eigenvalue weighted by Crippen LogP contribution is 2.03. The lowest BCUT2D eigenvalue weighted by atomic mass is 10.3. The molecule has 4 nitrogen and oxygen atoms in total. The number of allylic oxidation sites excluding steroid dienone is 1. The van der Waals surface area contributed by atoms with Gasteiger partial charge < -0.3 is 5.11 Å². The summed E-state index contributed by atoms with van der Waals surface area (Å²) in [7, 11) is 0. The Morgan fingerprint density at radius 1 is 1.57 bits per heavy atom. The Balaban J connectivity index is 3.29. The second-order valence-corrected chi connectivity index (χ2v) is 3.19. The van der Waals surface area contributed by atoms with E-state index in [4.69, 9.17) is 16.7 Å². The zero-order chi connectivity index (χ0) is 10.7. The van der Waals surface area contributed by atoms with E-state index in [-0.39, 0.29) is 17.3 Å². The number of aromatic nitrogens is 1. The van der Waals surface area contributed by atoms with Crippen molar-refractivity contribution in [1.29, 1.82) is 0 Å². The van der Waals surface area contributed by atoms with Gasteiger partial charge in [0.2, 0.25) is 0 Å². The number of aromatic carboxylic acids is 1. The molecule has 1 aromatic heterocycles. The van der Waals surface area contributed by atoms with Crippen molar-refractivity contribution in [3.05, 3.63) is 45.9 Å². The monoisotopic (exact) mass is 213 g/mol. The van der Waals surface area contributed by atoms with Gasteiger partial charge in [-0.3, -0.25) is 9.36 Å². The molecule has 0 unspecified atom stereocenters. The van der Waals surface area contributed by atoms with Crippen LogP contribution in [0.2, 0.25) is 0 Å². The van der Waals surface area contributed by atoms with E-state index in [0.717, 1.165) is 4.57 Å². The Bertz CT molecular complexity index is 436. The molecule has 1 rings (SSSR count). The van der Waals surface area contributed by atoms with Gasteiger partial charge in [0.05, 0.1) is 6.54 Å². The van der Waals surface area contributed by atoms with E-state index in [0.29, 0.717) is 0 Å². The molecule has 0 atom stereocenters. The lowest BCUT2D eigenvalue weighted by Gasteiger charge is -2.07. The van der Waals surface area contributed by atoms with E-state index < -0.39 is 11.5 Å². The summed E-state index contributed by atoms with van der Waals surface area (Å²) in [5.74, 6) is -1.17. The summed E-state index contributed by atoms with van der Waals surface area (Å²) in [6.07, 6.45) is 0. The molecule has 5 heteroatoms. The van der Waals surface area contributed by atoms with Crippen LogP contribution in [0.15, 0.2) is 34.6 Å². The van der Waals surface area contributed by atoms with Crippen molar-refractivity contribution in [3.63, 3.8) is 0 Å². The molecule has 1 heterocycles. The number of carboxylic acid groups (broad SMARTS) is 1. The maximum absolute atomic E-state index is 11.3. The van der Waals surface area contributed by atoms with E-state index in [1.165, 1.54) is 18.2 Å². The van der Waals surface area contributed by atoms with Crippen molar-refractivity contribution in [2.75, 3.05) is 0 Å². The number of rotatable bonds is 3. The Morgan fingerprint density at radius 2 is 2.21 bits per heavy atom. The molecule has 0 bridgehead atoms. The third kappa shape index (κ3) is 2.23. The predicted molar refractivity (Wildman–Crippen MR) is 52.7 cm³/mol. The third-order valence-corrected chi connectivity index (χ3v) is 1.72. The van der Waals surface area contributed by atoms with Gasteiger partial charge in [0.25, 0.3) is 5.56 Å². The van der Waals surface area contributed by atoms with E-state index >= 15 is 0 Å². The normalized spacial score (nSPS) is 9.79. The lowest BCUT2D eigenvalue weighted by Crippen LogP contribution is -2.25. The quantitative estimate of drug-likeness (QED) is 0.823. The van der Waals surface area contributed by atoms with Gasteiger partial charge in [0, 0.05) is 11.1 Å². The second kappa shape index (κ2) is 4.11. The Labute approximate surface area is 85.1 Å². The van der Waals surface area contributed by atoms with Crippen LogP contribution in [-0.4, -0.2) is 15.6 Å². The van der Waals surface area contributed by atoms with Crippen LogP contribution in [-0.2, 0) is 6.54 Å². The molecule has 1 N–H and O–H groups in total. The lowest BCUT2D eigenvalue weighted by molar-refractivity contribution is 0.0684. The number of carbonyl (C=O) groups is 1. The molecule has 0 spiro atoms. The van der Waals surface area contributed by atoms with Gasteiger partial charge in [-0.15, -0.1) is 0 Å².